The predicted octanol–water partition coefficient (Wildman–Crippen LogP) is 4.92. The van der Waals surface area contributed by atoms with Gasteiger partial charge in [0.15, 0.2) is 6.04 Å². The van der Waals surface area contributed by atoms with Crippen molar-refractivity contribution in [2.75, 3.05) is 16.8 Å². The Bertz CT molecular complexity index is 1180. The maximum atomic E-state index is 13.7. The zero-order valence-electron chi connectivity index (χ0n) is 17.2. The van der Waals surface area contributed by atoms with Gasteiger partial charge in [0, 0.05) is 28.6 Å². The first-order valence-electron chi connectivity index (χ1n) is 10.1. The number of hydrogen-bond donors (Lipinski definition) is 1. The molecule has 32 heavy (non-hydrogen) atoms. The highest BCUT2D eigenvalue weighted by Gasteiger charge is 2.48. The lowest BCUT2D eigenvalue weighted by Crippen LogP contribution is -2.57. The lowest BCUT2D eigenvalue weighted by atomic mass is 9.87. The fourth-order valence-electron chi connectivity index (χ4n) is 3.66. The monoisotopic (exact) mass is 450 g/mol. The van der Waals surface area contributed by atoms with Gasteiger partial charge in [-0.3, -0.25) is 14.4 Å². The van der Waals surface area contributed by atoms with Crippen molar-refractivity contribution in [3.05, 3.63) is 89.2 Å². The van der Waals surface area contributed by atoms with Gasteiger partial charge >= 0.3 is 0 Å². The average molecular weight is 451 g/mol. The molecular weight excluding hydrogens is 431 g/mol. The first-order valence-corrected chi connectivity index (χ1v) is 10.5. The van der Waals surface area contributed by atoms with Crippen molar-refractivity contribution in [1.29, 1.82) is 0 Å². The molecule has 1 unspecified atom stereocenters. The average Bonchev–Trinajstić information content (AvgIpc) is 2.81. The van der Waals surface area contributed by atoms with Crippen molar-refractivity contribution in [3.63, 3.8) is 0 Å². The summed E-state index contributed by atoms with van der Waals surface area (Å²) >= 11 is 6.06. The highest BCUT2D eigenvalue weighted by atomic mass is 35.5. The SMILES string of the molecule is CC(CN(c1ccc(Cl)cc1)c1cccc(NC2C(=O)C(=O)C2=O)c1)c1cccc(F)c1. The summed E-state index contributed by atoms with van der Waals surface area (Å²) in [7, 11) is 0. The topological polar surface area (TPSA) is 66.5 Å². The Kier molecular flexibility index (Phi) is 6.06. The summed E-state index contributed by atoms with van der Waals surface area (Å²) in [6.07, 6.45) is 0. The Hall–Kier alpha value is -3.51. The summed E-state index contributed by atoms with van der Waals surface area (Å²) in [6.45, 7) is 2.55. The zero-order valence-corrected chi connectivity index (χ0v) is 18.0. The van der Waals surface area contributed by atoms with E-state index in [1.165, 1.54) is 12.1 Å². The molecule has 1 aliphatic rings. The molecule has 4 rings (SSSR count). The van der Waals surface area contributed by atoms with E-state index in [9.17, 15) is 18.8 Å². The van der Waals surface area contributed by atoms with Gasteiger partial charge in [-0.2, -0.15) is 0 Å². The molecule has 1 N–H and O–H groups in total. The van der Waals surface area contributed by atoms with Crippen LogP contribution in [0.4, 0.5) is 21.5 Å². The van der Waals surface area contributed by atoms with Crippen LogP contribution in [-0.4, -0.2) is 29.9 Å². The Morgan fingerprint density at radius 3 is 2.31 bits per heavy atom. The van der Waals surface area contributed by atoms with E-state index in [1.54, 1.807) is 36.4 Å². The molecule has 162 valence electrons. The van der Waals surface area contributed by atoms with Crippen LogP contribution in [0.15, 0.2) is 72.8 Å². The first-order chi connectivity index (χ1) is 15.3. The van der Waals surface area contributed by atoms with Crippen LogP contribution in [0.1, 0.15) is 18.4 Å². The summed E-state index contributed by atoms with van der Waals surface area (Å²) in [5, 5.41) is 3.44. The number of Topliss-reactive ketones (excluding diaryl/α,β-unsaturated/α-hetero) is 3. The Morgan fingerprint density at radius 1 is 0.938 bits per heavy atom. The molecule has 1 fully saturated rings. The Morgan fingerprint density at radius 2 is 1.62 bits per heavy atom. The maximum absolute atomic E-state index is 13.7. The van der Waals surface area contributed by atoms with Crippen molar-refractivity contribution in [2.24, 2.45) is 0 Å². The van der Waals surface area contributed by atoms with Crippen LogP contribution in [0.25, 0.3) is 0 Å². The molecule has 0 radical (unpaired) electrons. The lowest BCUT2D eigenvalue weighted by Gasteiger charge is -2.29. The van der Waals surface area contributed by atoms with Crippen molar-refractivity contribution in [2.45, 2.75) is 18.9 Å². The quantitative estimate of drug-likeness (QED) is 0.408. The number of nitrogens with one attached hydrogen (secondary N) is 1. The molecule has 1 saturated carbocycles. The standard InChI is InChI=1S/C25H20ClFN2O3/c1-15(16-4-2-5-18(27)12-16)14-29(20-10-8-17(26)9-11-20)21-7-3-6-19(13-21)28-22-23(30)25(32)24(22)31/h2-13,15,22,28H,14H2,1H3. The van der Waals surface area contributed by atoms with Crippen LogP contribution in [-0.2, 0) is 14.4 Å². The molecular formula is C25H20ClFN2O3. The number of carbonyl (C=O) groups is 3. The molecule has 0 amide bonds. The number of nitrogens with zero attached hydrogens (tertiary/aromatic N) is 1. The minimum absolute atomic E-state index is 0.00889. The Balaban J connectivity index is 1.64. The third-order valence-corrected chi connectivity index (χ3v) is 5.71. The molecule has 0 bridgehead atoms. The van der Waals surface area contributed by atoms with Crippen LogP contribution in [0.5, 0.6) is 0 Å². The number of anilines is 3. The number of rotatable bonds is 7. The molecule has 5 nitrogen and oxygen atoms in total. The summed E-state index contributed by atoms with van der Waals surface area (Å²) in [5.41, 5.74) is 3.08. The minimum atomic E-state index is -1.13. The number of halogens is 2. The number of hydrogen-bond acceptors (Lipinski definition) is 5. The summed E-state index contributed by atoms with van der Waals surface area (Å²) in [6, 6.07) is 19.9. The minimum Gasteiger partial charge on any atom is -0.368 e. The van der Waals surface area contributed by atoms with E-state index >= 15 is 0 Å². The van der Waals surface area contributed by atoms with Gasteiger partial charge in [0.25, 0.3) is 5.78 Å². The molecule has 0 saturated heterocycles. The molecule has 0 spiro atoms. The summed E-state index contributed by atoms with van der Waals surface area (Å²) < 4.78 is 13.7. The van der Waals surface area contributed by atoms with Crippen molar-refractivity contribution in [3.8, 4) is 0 Å². The van der Waals surface area contributed by atoms with Gasteiger partial charge < -0.3 is 10.2 Å². The molecule has 3 aromatic rings. The first kappa shape index (κ1) is 21.7. The normalized spacial score (nSPS) is 14.8. The predicted molar refractivity (Wildman–Crippen MR) is 122 cm³/mol. The molecule has 1 aliphatic carbocycles. The van der Waals surface area contributed by atoms with Crippen molar-refractivity contribution in [1.82, 2.24) is 0 Å². The fourth-order valence-corrected chi connectivity index (χ4v) is 3.79. The van der Waals surface area contributed by atoms with Crippen molar-refractivity contribution >= 4 is 46.0 Å². The number of ketones is 3. The van der Waals surface area contributed by atoms with Gasteiger partial charge in [0.1, 0.15) is 5.82 Å². The second kappa shape index (κ2) is 8.93. The van der Waals surface area contributed by atoms with E-state index in [0.29, 0.717) is 17.3 Å². The number of benzene rings is 3. The van der Waals surface area contributed by atoms with Crippen LogP contribution < -0.4 is 10.2 Å². The van der Waals surface area contributed by atoms with E-state index in [-0.39, 0.29) is 11.7 Å². The number of carbonyl (C=O) groups excluding carboxylic acids is 3. The molecule has 1 atom stereocenters. The molecule has 0 heterocycles. The summed E-state index contributed by atoms with van der Waals surface area (Å²) in [4.78, 5) is 36.7. The third-order valence-electron chi connectivity index (χ3n) is 5.45. The third kappa shape index (κ3) is 4.41. The van der Waals surface area contributed by atoms with Gasteiger partial charge in [-0.05, 0) is 66.1 Å². The van der Waals surface area contributed by atoms with Crippen LogP contribution >= 0.6 is 11.6 Å². The van der Waals surface area contributed by atoms with E-state index in [2.05, 4.69) is 5.32 Å². The Labute approximate surface area is 189 Å². The molecule has 0 aromatic heterocycles. The second-order valence-corrected chi connectivity index (χ2v) is 8.16. The maximum Gasteiger partial charge on any atom is 0.269 e. The van der Waals surface area contributed by atoms with Crippen LogP contribution in [0.2, 0.25) is 5.02 Å². The zero-order chi connectivity index (χ0) is 22.8. The van der Waals surface area contributed by atoms with Gasteiger partial charge in [-0.25, -0.2) is 4.39 Å². The molecule has 7 heteroatoms. The smallest absolute Gasteiger partial charge is 0.269 e. The molecule has 0 aliphatic heterocycles. The van der Waals surface area contributed by atoms with Gasteiger partial charge in [0.2, 0.25) is 11.6 Å². The van der Waals surface area contributed by atoms with Crippen molar-refractivity contribution < 1.29 is 18.8 Å². The fraction of sp³-hybridized carbons (Fsp3) is 0.160. The lowest BCUT2D eigenvalue weighted by molar-refractivity contribution is -0.152. The largest absolute Gasteiger partial charge is 0.368 e. The van der Waals surface area contributed by atoms with Crippen LogP contribution in [0.3, 0.4) is 0 Å². The van der Waals surface area contributed by atoms with Gasteiger partial charge in [-0.1, -0.05) is 36.7 Å². The van der Waals surface area contributed by atoms with Gasteiger partial charge in [-0.15, -0.1) is 0 Å². The van der Waals surface area contributed by atoms with Crippen LogP contribution in [0, 0.1) is 5.82 Å². The highest BCUT2D eigenvalue weighted by Crippen LogP contribution is 2.32. The second-order valence-electron chi connectivity index (χ2n) is 7.73. The van der Waals surface area contributed by atoms with E-state index in [4.69, 9.17) is 11.6 Å². The molecule has 3 aromatic carbocycles. The van der Waals surface area contributed by atoms with E-state index in [1.807, 2.05) is 36.1 Å². The van der Waals surface area contributed by atoms with E-state index in [0.717, 1.165) is 16.9 Å². The summed E-state index contributed by atoms with van der Waals surface area (Å²) in [5.74, 6) is -2.72. The van der Waals surface area contributed by atoms with Gasteiger partial charge in [0.05, 0.1) is 0 Å². The van der Waals surface area contributed by atoms with E-state index < -0.39 is 23.4 Å². The highest BCUT2D eigenvalue weighted by molar-refractivity contribution is 6.79.